The van der Waals surface area contributed by atoms with Crippen LogP contribution in [0.5, 0.6) is 0 Å². The molecule has 0 radical (unpaired) electrons. The Hall–Kier alpha value is -0.700. The standard InChI is InChI=1S/C9H7Cl2NO/c10-6-1-5-2-7(4-13)12-9(5)8(11)3-6/h1-3,12-13H,4H2. The normalized spacial score (nSPS) is 11.0. The molecule has 0 aliphatic rings. The highest BCUT2D eigenvalue weighted by Crippen LogP contribution is 2.27. The van der Waals surface area contributed by atoms with E-state index in [1.807, 2.05) is 6.07 Å². The molecule has 0 unspecified atom stereocenters. The SMILES string of the molecule is OCc1cc2cc(Cl)cc(Cl)c2[nH]1. The van der Waals surface area contributed by atoms with E-state index in [2.05, 4.69) is 4.98 Å². The van der Waals surface area contributed by atoms with E-state index in [4.69, 9.17) is 28.3 Å². The number of aromatic amines is 1. The Morgan fingerprint density at radius 1 is 1.23 bits per heavy atom. The van der Waals surface area contributed by atoms with Crippen molar-refractivity contribution in [3.05, 3.63) is 33.9 Å². The van der Waals surface area contributed by atoms with E-state index >= 15 is 0 Å². The van der Waals surface area contributed by atoms with Crippen molar-refractivity contribution in [3.8, 4) is 0 Å². The first-order chi connectivity index (χ1) is 6.20. The lowest BCUT2D eigenvalue weighted by molar-refractivity contribution is 0.278. The zero-order valence-electron chi connectivity index (χ0n) is 6.64. The fourth-order valence-corrected chi connectivity index (χ4v) is 1.87. The van der Waals surface area contributed by atoms with Crippen LogP contribution in [-0.2, 0) is 6.61 Å². The minimum atomic E-state index is -0.0252. The zero-order valence-corrected chi connectivity index (χ0v) is 8.15. The summed E-state index contributed by atoms with van der Waals surface area (Å²) >= 11 is 11.8. The molecule has 0 fully saturated rings. The molecule has 2 rings (SSSR count). The smallest absolute Gasteiger partial charge is 0.0831 e. The van der Waals surface area contributed by atoms with Crippen molar-refractivity contribution in [2.75, 3.05) is 0 Å². The highest BCUT2D eigenvalue weighted by molar-refractivity contribution is 6.38. The predicted octanol–water partition coefficient (Wildman–Crippen LogP) is 2.97. The van der Waals surface area contributed by atoms with Gasteiger partial charge < -0.3 is 10.1 Å². The zero-order chi connectivity index (χ0) is 9.42. The summed E-state index contributed by atoms with van der Waals surface area (Å²) in [7, 11) is 0. The van der Waals surface area contributed by atoms with Gasteiger partial charge in [-0.25, -0.2) is 0 Å². The Morgan fingerprint density at radius 2 is 2.00 bits per heavy atom. The number of rotatable bonds is 1. The number of halogens is 2. The lowest BCUT2D eigenvalue weighted by atomic mass is 10.2. The molecule has 13 heavy (non-hydrogen) atoms. The molecule has 0 aliphatic heterocycles. The van der Waals surface area contributed by atoms with Gasteiger partial charge >= 0.3 is 0 Å². The molecule has 2 N–H and O–H groups in total. The molecule has 0 saturated carbocycles. The van der Waals surface area contributed by atoms with E-state index in [1.165, 1.54) is 0 Å². The number of hydrogen-bond donors (Lipinski definition) is 2. The van der Waals surface area contributed by atoms with Crippen LogP contribution in [0.2, 0.25) is 10.0 Å². The maximum Gasteiger partial charge on any atom is 0.0831 e. The van der Waals surface area contributed by atoms with Crippen LogP contribution in [0.4, 0.5) is 0 Å². The van der Waals surface area contributed by atoms with Crippen molar-refractivity contribution in [1.82, 2.24) is 4.98 Å². The number of benzene rings is 1. The number of aliphatic hydroxyl groups excluding tert-OH is 1. The molecule has 2 aromatic rings. The molecule has 4 heteroatoms. The second-order valence-corrected chi connectivity index (χ2v) is 3.65. The van der Waals surface area contributed by atoms with Crippen LogP contribution in [0.3, 0.4) is 0 Å². The second kappa shape index (κ2) is 3.22. The van der Waals surface area contributed by atoms with Gasteiger partial charge in [0.05, 0.1) is 17.1 Å². The van der Waals surface area contributed by atoms with Crippen LogP contribution in [0, 0.1) is 0 Å². The van der Waals surface area contributed by atoms with Crippen molar-refractivity contribution in [3.63, 3.8) is 0 Å². The fourth-order valence-electron chi connectivity index (χ4n) is 1.31. The van der Waals surface area contributed by atoms with Gasteiger partial charge in [0.15, 0.2) is 0 Å². The number of nitrogens with one attached hydrogen (secondary N) is 1. The summed E-state index contributed by atoms with van der Waals surface area (Å²) < 4.78 is 0. The van der Waals surface area contributed by atoms with E-state index in [0.717, 1.165) is 16.6 Å². The number of fused-ring (bicyclic) bond motifs is 1. The molecule has 0 aliphatic carbocycles. The molecule has 0 saturated heterocycles. The quantitative estimate of drug-likeness (QED) is 0.755. The van der Waals surface area contributed by atoms with Gasteiger partial charge in [-0.15, -0.1) is 0 Å². The van der Waals surface area contributed by atoms with Gasteiger partial charge in [0.25, 0.3) is 0 Å². The Morgan fingerprint density at radius 3 is 2.69 bits per heavy atom. The summed E-state index contributed by atoms with van der Waals surface area (Å²) in [5.74, 6) is 0. The monoisotopic (exact) mass is 215 g/mol. The van der Waals surface area contributed by atoms with Gasteiger partial charge in [0.1, 0.15) is 0 Å². The van der Waals surface area contributed by atoms with Gasteiger partial charge in [0.2, 0.25) is 0 Å². The van der Waals surface area contributed by atoms with Crippen molar-refractivity contribution in [1.29, 1.82) is 0 Å². The summed E-state index contributed by atoms with van der Waals surface area (Å²) in [6, 6.07) is 5.30. The number of aromatic nitrogens is 1. The van der Waals surface area contributed by atoms with Gasteiger partial charge in [0, 0.05) is 16.1 Å². The molecular weight excluding hydrogens is 209 g/mol. The molecule has 68 valence electrons. The number of aliphatic hydroxyl groups is 1. The number of hydrogen-bond acceptors (Lipinski definition) is 1. The van der Waals surface area contributed by atoms with Crippen molar-refractivity contribution in [2.45, 2.75) is 6.61 Å². The third-order valence-electron chi connectivity index (χ3n) is 1.87. The Kier molecular flexibility index (Phi) is 2.20. The van der Waals surface area contributed by atoms with Crippen molar-refractivity contribution in [2.24, 2.45) is 0 Å². The molecule has 0 bridgehead atoms. The first-order valence-corrected chi connectivity index (χ1v) is 4.54. The largest absolute Gasteiger partial charge is 0.390 e. The van der Waals surface area contributed by atoms with Gasteiger partial charge in [-0.3, -0.25) is 0 Å². The summed E-state index contributed by atoms with van der Waals surface area (Å²) in [6.45, 7) is -0.0252. The van der Waals surface area contributed by atoms with Crippen LogP contribution < -0.4 is 0 Å². The van der Waals surface area contributed by atoms with E-state index in [0.29, 0.717) is 10.0 Å². The summed E-state index contributed by atoms with van der Waals surface area (Å²) in [5.41, 5.74) is 1.55. The van der Waals surface area contributed by atoms with E-state index in [1.54, 1.807) is 12.1 Å². The molecule has 0 spiro atoms. The van der Waals surface area contributed by atoms with Crippen LogP contribution in [0.1, 0.15) is 5.69 Å². The highest BCUT2D eigenvalue weighted by Gasteiger charge is 2.04. The molecule has 0 atom stereocenters. The Bertz CT molecular complexity index is 450. The van der Waals surface area contributed by atoms with E-state index < -0.39 is 0 Å². The molecule has 0 amide bonds. The highest BCUT2D eigenvalue weighted by atomic mass is 35.5. The molecular formula is C9H7Cl2NO. The molecule has 1 aromatic carbocycles. The maximum absolute atomic E-state index is 8.89. The van der Waals surface area contributed by atoms with Crippen LogP contribution in [-0.4, -0.2) is 10.1 Å². The van der Waals surface area contributed by atoms with Crippen LogP contribution in [0.15, 0.2) is 18.2 Å². The van der Waals surface area contributed by atoms with Gasteiger partial charge in [-0.2, -0.15) is 0 Å². The third-order valence-corrected chi connectivity index (χ3v) is 2.39. The molecule has 1 heterocycles. The average Bonchev–Trinajstić information content (AvgIpc) is 2.47. The first-order valence-electron chi connectivity index (χ1n) is 3.78. The summed E-state index contributed by atoms with van der Waals surface area (Å²) in [5, 5.41) is 11.0. The molecule has 1 aromatic heterocycles. The molecule has 2 nitrogen and oxygen atoms in total. The number of H-pyrrole nitrogens is 1. The van der Waals surface area contributed by atoms with Crippen molar-refractivity contribution < 1.29 is 5.11 Å². The third kappa shape index (κ3) is 1.53. The van der Waals surface area contributed by atoms with Crippen molar-refractivity contribution >= 4 is 34.1 Å². The summed E-state index contributed by atoms with van der Waals surface area (Å²) in [6.07, 6.45) is 0. The first kappa shape index (κ1) is 8.88. The van der Waals surface area contributed by atoms with Crippen LogP contribution >= 0.6 is 23.2 Å². The predicted molar refractivity (Wildman–Crippen MR) is 54.2 cm³/mol. The van der Waals surface area contributed by atoms with Gasteiger partial charge in [-0.05, 0) is 18.2 Å². The fraction of sp³-hybridized carbons (Fsp3) is 0.111. The lowest BCUT2D eigenvalue weighted by Crippen LogP contribution is -1.79. The van der Waals surface area contributed by atoms with Crippen LogP contribution in [0.25, 0.3) is 10.9 Å². The second-order valence-electron chi connectivity index (χ2n) is 2.80. The van der Waals surface area contributed by atoms with E-state index in [-0.39, 0.29) is 6.61 Å². The minimum Gasteiger partial charge on any atom is -0.390 e. The Labute approximate surface area is 85.1 Å². The lowest BCUT2D eigenvalue weighted by Gasteiger charge is -1.94. The van der Waals surface area contributed by atoms with Gasteiger partial charge in [-0.1, -0.05) is 23.2 Å². The minimum absolute atomic E-state index is 0.0252. The van der Waals surface area contributed by atoms with E-state index in [9.17, 15) is 0 Å². The topological polar surface area (TPSA) is 36.0 Å². The maximum atomic E-state index is 8.89. The Balaban J connectivity index is 2.75. The average molecular weight is 216 g/mol. The summed E-state index contributed by atoms with van der Waals surface area (Å²) in [4.78, 5) is 3.00.